The number of fused-ring (bicyclic) bond motifs is 1. The van der Waals surface area contributed by atoms with E-state index in [4.69, 9.17) is 5.73 Å². The van der Waals surface area contributed by atoms with E-state index in [1.807, 2.05) is 12.1 Å². The van der Waals surface area contributed by atoms with Crippen LogP contribution in [0.1, 0.15) is 11.3 Å². The Labute approximate surface area is 122 Å². The fraction of sp³-hybridized carbons (Fsp3) is 0.250. The molecule has 1 aromatic carbocycles. The predicted octanol–water partition coefficient (Wildman–Crippen LogP) is 1.68. The molecule has 0 radical (unpaired) electrons. The summed E-state index contributed by atoms with van der Waals surface area (Å²) in [6.45, 7) is 0.511. The molecule has 0 fully saturated rings. The summed E-state index contributed by atoms with van der Waals surface area (Å²) in [4.78, 5) is 18.3. The molecule has 5 heteroatoms. The van der Waals surface area contributed by atoms with Crippen LogP contribution in [-0.2, 0) is 17.6 Å². The van der Waals surface area contributed by atoms with E-state index in [1.165, 1.54) is 12.1 Å². The topological polar surface area (TPSA) is 59.2 Å². The Morgan fingerprint density at radius 3 is 2.81 bits per heavy atom. The van der Waals surface area contributed by atoms with Crippen molar-refractivity contribution in [3.8, 4) is 0 Å². The normalized spacial score (nSPS) is 17.7. The summed E-state index contributed by atoms with van der Waals surface area (Å²) in [5.74, 6) is -0.345. The van der Waals surface area contributed by atoms with Crippen LogP contribution >= 0.6 is 0 Å². The number of halogens is 1. The van der Waals surface area contributed by atoms with Gasteiger partial charge in [0.2, 0.25) is 5.91 Å². The lowest BCUT2D eigenvalue weighted by Gasteiger charge is -2.31. The molecule has 0 spiro atoms. The number of pyridine rings is 1. The van der Waals surface area contributed by atoms with Gasteiger partial charge >= 0.3 is 0 Å². The van der Waals surface area contributed by atoms with Crippen molar-refractivity contribution in [1.29, 1.82) is 0 Å². The summed E-state index contributed by atoms with van der Waals surface area (Å²) < 4.78 is 12.9. The molecule has 1 atom stereocenters. The van der Waals surface area contributed by atoms with Gasteiger partial charge in [0.15, 0.2) is 0 Å². The number of nitrogens with two attached hydrogens (primary N) is 1. The second kappa shape index (κ2) is 5.61. The lowest BCUT2D eigenvalue weighted by Crippen LogP contribution is -2.49. The molecule has 1 unspecified atom stereocenters. The van der Waals surface area contributed by atoms with Crippen molar-refractivity contribution < 1.29 is 9.18 Å². The average Bonchev–Trinajstić information content (AvgIpc) is 2.49. The number of nitrogens with zero attached hydrogens (tertiary/aromatic N) is 2. The van der Waals surface area contributed by atoms with E-state index in [2.05, 4.69) is 4.98 Å². The van der Waals surface area contributed by atoms with Crippen LogP contribution in [0.2, 0.25) is 0 Å². The molecule has 0 saturated carbocycles. The largest absolute Gasteiger partial charge is 0.320 e. The minimum Gasteiger partial charge on any atom is -0.320 e. The Bertz CT molecular complexity index is 657. The van der Waals surface area contributed by atoms with E-state index in [9.17, 15) is 9.18 Å². The van der Waals surface area contributed by atoms with Crippen molar-refractivity contribution in [3.63, 3.8) is 0 Å². The summed E-state index contributed by atoms with van der Waals surface area (Å²) >= 11 is 0. The first kappa shape index (κ1) is 13.7. The first-order valence-corrected chi connectivity index (χ1v) is 6.90. The zero-order valence-electron chi connectivity index (χ0n) is 11.5. The van der Waals surface area contributed by atoms with Gasteiger partial charge in [-0.1, -0.05) is 12.1 Å². The smallest absolute Gasteiger partial charge is 0.244 e. The second-order valence-electron chi connectivity index (χ2n) is 5.15. The molecule has 2 N–H and O–H groups in total. The number of carbonyl (C=O) groups excluding carboxylic acids is 1. The van der Waals surface area contributed by atoms with Gasteiger partial charge in [-0.05, 0) is 36.2 Å². The van der Waals surface area contributed by atoms with E-state index >= 15 is 0 Å². The number of rotatable bonds is 3. The van der Waals surface area contributed by atoms with Gasteiger partial charge in [-0.3, -0.25) is 9.78 Å². The number of carbonyl (C=O) groups is 1. The van der Waals surface area contributed by atoms with Crippen LogP contribution in [0, 0.1) is 5.82 Å². The quantitative estimate of drug-likeness (QED) is 0.933. The molecule has 1 aliphatic rings. The van der Waals surface area contributed by atoms with E-state index in [0.29, 0.717) is 19.4 Å². The highest BCUT2D eigenvalue weighted by Gasteiger charge is 2.30. The molecule has 21 heavy (non-hydrogen) atoms. The minimum absolute atomic E-state index is 0.0855. The number of aromatic nitrogens is 1. The molecule has 0 bridgehead atoms. The van der Waals surface area contributed by atoms with Crippen molar-refractivity contribution in [1.82, 2.24) is 4.98 Å². The van der Waals surface area contributed by atoms with Crippen molar-refractivity contribution in [2.45, 2.75) is 18.9 Å². The molecule has 108 valence electrons. The summed E-state index contributed by atoms with van der Waals surface area (Å²) in [7, 11) is 0. The Kier molecular flexibility index (Phi) is 3.66. The highest BCUT2D eigenvalue weighted by atomic mass is 19.1. The van der Waals surface area contributed by atoms with Crippen molar-refractivity contribution in [2.75, 3.05) is 11.4 Å². The molecule has 1 aliphatic heterocycles. The molecule has 0 aliphatic carbocycles. The van der Waals surface area contributed by atoms with Crippen molar-refractivity contribution in [2.24, 2.45) is 5.73 Å². The molecular formula is C16H16FN3O. The van der Waals surface area contributed by atoms with Crippen LogP contribution < -0.4 is 10.6 Å². The number of benzene rings is 1. The van der Waals surface area contributed by atoms with E-state index in [-0.39, 0.29) is 11.7 Å². The van der Waals surface area contributed by atoms with Crippen molar-refractivity contribution in [3.05, 3.63) is 59.7 Å². The Balaban J connectivity index is 1.80. The fourth-order valence-electron chi connectivity index (χ4n) is 2.57. The van der Waals surface area contributed by atoms with Gasteiger partial charge in [-0.15, -0.1) is 0 Å². The highest BCUT2D eigenvalue weighted by molar-refractivity contribution is 5.99. The molecule has 1 amide bonds. The van der Waals surface area contributed by atoms with Gasteiger partial charge in [0.05, 0.1) is 17.4 Å². The second-order valence-corrected chi connectivity index (χ2v) is 5.15. The van der Waals surface area contributed by atoms with Gasteiger partial charge in [0.25, 0.3) is 0 Å². The minimum atomic E-state index is -0.541. The highest BCUT2D eigenvalue weighted by Crippen LogP contribution is 2.25. The zero-order chi connectivity index (χ0) is 14.8. The monoisotopic (exact) mass is 285 g/mol. The van der Waals surface area contributed by atoms with Crippen molar-refractivity contribution >= 4 is 11.6 Å². The molecule has 0 saturated heterocycles. The summed E-state index contributed by atoms with van der Waals surface area (Å²) in [5, 5.41) is 0. The maximum absolute atomic E-state index is 12.9. The number of hydrogen-bond donors (Lipinski definition) is 1. The Morgan fingerprint density at radius 2 is 2.05 bits per heavy atom. The van der Waals surface area contributed by atoms with Gasteiger partial charge in [0, 0.05) is 19.2 Å². The van der Waals surface area contributed by atoms with Gasteiger partial charge in [-0.25, -0.2) is 4.39 Å². The standard InChI is InChI=1S/C16H16FN3O/c17-12-5-3-11(4-6-12)7-9-20-15-2-1-8-19-14(15)10-13(18)16(20)21/h1-6,8,13H,7,9-10,18H2. The molecule has 1 aromatic heterocycles. The first-order valence-electron chi connectivity index (χ1n) is 6.90. The summed E-state index contributed by atoms with van der Waals surface area (Å²) in [5.41, 5.74) is 8.55. The molecular weight excluding hydrogens is 269 g/mol. The Hall–Kier alpha value is -2.27. The summed E-state index contributed by atoms with van der Waals surface area (Å²) in [6, 6.07) is 9.47. The van der Waals surface area contributed by atoms with Crippen LogP contribution in [0.15, 0.2) is 42.6 Å². The lowest BCUT2D eigenvalue weighted by molar-refractivity contribution is -0.120. The molecule has 4 nitrogen and oxygen atoms in total. The van der Waals surface area contributed by atoms with E-state index in [0.717, 1.165) is 16.9 Å². The number of anilines is 1. The van der Waals surface area contributed by atoms with Crippen LogP contribution in [0.3, 0.4) is 0 Å². The zero-order valence-corrected chi connectivity index (χ0v) is 11.5. The first-order chi connectivity index (χ1) is 10.1. The fourth-order valence-corrected chi connectivity index (χ4v) is 2.57. The van der Waals surface area contributed by atoms with Crippen LogP contribution in [0.4, 0.5) is 10.1 Å². The van der Waals surface area contributed by atoms with Crippen LogP contribution in [-0.4, -0.2) is 23.5 Å². The predicted molar refractivity (Wildman–Crippen MR) is 78.4 cm³/mol. The van der Waals surface area contributed by atoms with E-state index in [1.54, 1.807) is 23.2 Å². The Morgan fingerprint density at radius 1 is 1.29 bits per heavy atom. The number of hydrogen-bond acceptors (Lipinski definition) is 3. The molecule has 2 heterocycles. The maximum atomic E-state index is 12.9. The third-order valence-electron chi connectivity index (χ3n) is 3.69. The van der Waals surface area contributed by atoms with Gasteiger partial charge in [0.1, 0.15) is 5.82 Å². The number of amides is 1. The lowest BCUT2D eigenvalue weighted by atomic mass is 10.0. The summed E-state index contributed by atoms with van der Waals surface area (Å²) in [6.07, 6.45) is 2.83. The maximum Gasteiger partial charge on any atom is 0.244 e. The van der Waals surface area contributed by atoms with Gasteiger partial charge in [-0.2, -0.15) is 0 Å². The van der Waals surface area contributed by atoms with Gasteiger partial charge < -0.3 is 10.6 Å². The van der Waals surface area contributed by atoms with Crippen LogP contribution in [0.25, 0.3) is 0 Å². The van der Waals surface area contributed by atoms with E-state index < -0.39 is 6.04 Å². The SMILES string of the molecule is NC1Cc2ncccc2N(CCc2ccc(F)cc2)C1=O. The third kappa shape index (κ3) is 2.78. The third-order valence-corrected chi connectivity index (χ3v) is 3.69. The average molecular weight is 285 g/mol. The molecule has 3 rings (SSSR count). The van der Waals surface area contributed by atoms with Crippen LogP contribution in [0.5, 0.6) is 0 Å². The molecule has 2 aromatic rings.